The standard InChI is InChI=1S/C8H11IN2O2/c1-8(2,3)13-7(12)11-6(9)4-5-10-11/h4-5H,1-3H3. The number of carbonyl (C=O) groups is 1. The van der Waals surface area contributed by atoms with Gasteiger partial charge in [-0.3, -0.25) is 0 Å². The van der Waals surface area contributed by atoms with Crippen LogP contribution in [0.2, 0.25) is 0 Å². The second kappa shape index (κ2) is 3.65. The molecule has 1 rings (SSSR count). The van der Waals surface area contributed by atoms with Crippen LogP contribution in [0.3, 0.4) is 0 Å². The minimum Gasteiger partial charge on any atom is -0.442 e. The molecule has 0 fully saturated rings. The number of hydrogen-bond donors (Lipinski definition) is 0. The van der Waals surface area contributed by atoms with Crippen LogP contribution < -0.4 is 0 Å². The van der Waals surface area contributed by atoms with Crippen molar-refractivity contribution in [2.45, 2.75) is 26.4 Å². The minimum atomic E-state index is -0.480. The highest BCUT2D eigenvalue weighted by molar-refractivity contribution is 14.1. The second-order valence-corrected chi connectivity index (χ2v) is 4.65. The summed E-state index contributed by atoms with van der Waals surface area (Å²) in [7, 11) is 0. The summed E-state index contributed by atoms with van der Waals surface area (Å²) in [6.45, 7) is 5.46. The molecular formula is C8H11IN2O2. The summed E-state index contributed by atoms with van der Waals surface area (Å²) in [4.78, 5) is 11.4. The van der Waals surface area contributed by atoms with Gasteiger partial charge in [-0.1, -0.05) is 0 Å². The monoisotopic (exact) mass is 294 g/mol. The highest BCUT2D eigenvalue weighted by Gasteiger charge is 2.19. The van der Waals surface area contributed by atoms with Gasteiger partial charge < -0.3 is 4.74 Å². The Morgan fingerprint density at radius 2 is 2.23 bits per heavy atom. The van der Waals surface area contributed by atoms with Crippen LogP contribution in [0.4, 0.5) is 4.79 Å². The summed E-state index contributed by atoms with van der Waals surface area (Å²) < 4.78 is 7.09. The summed E-state index contributed by atoms with van der Waals surface area (Å²) >= 11 is 2.02. The van der Waals surface area contributed by atoms with Crippen molar-refractivity contribution in [3.63, 3.8) is 0 Å². The second-order valence-electron chi connectivity index (χ2n) is 3.55. The lowest BCUT2D eigenvalue weighted by molar-refractivity contribution is 0.0510. The Morgan fingerprint density at radius 3 is 2.62 bits per heavy atom. The summed E-state index contributed by atoms with van der Waals surface area (Å²) in [5, 5.41) is 3.83. The number of halogens is 1. The molecule has 0 atom stereocenters. The van der Waals surface area contributed by atoms with E-state index in [1.54, 1.807) is 12.3 Å². The van der Waals surface area contributed by atoms with Crippen LogP contribution in [-0.4, -0.2) is 21.5 Å². The molecule has 13 heavy (non-hydrogen) atoms. The van der Waals surface area contributed by atoms with Gasteiger partial charge in [0.15, 0.2) is 0 Å². The number of carbonyl (C=O) groups excluding carboxylic acids is 1. The summed E-state index contributed by atoms with van der Waals surface area (Å²) in [6.07, 6.45) is 1.12. The Hall–Kier alpha value is -0.590. The van der Waals surface area contributed by atoms with Gasteiger partial charge in [0.1, 0.15) is 9.30 Å². The van der Waals surface area contributed by atoms with Crippen LogP contribution >= 0.6 is 22.6 Å². The van der Waals surface area contributed by atoms with Crippen molar-refractivity contribution >= 4 is 28.7 Å². The fourth-order valence-corrected chi connectivity index (χ4v) is 1.21. The van der Waals surface area contributed by atoms with E-state index in [0.29, 0.717) is 0 Å². The van der Waals surface area contributed by atoms with Gasteiger partial charge in [-0.25, -0.2) is 4.79 Å². The molecule has 0 bridgehead atoms. The lowest BCUT2D eigenvalue weighted by Crippen LogP contribution is -2.28. The van der Waals surface area contributed by atoms with E-state index in [0.717, 1.165) is 3.70 Å². The highest BCUT2D eigenvalue weighted by Crippen LogP contribution is 2.10. The molecule has 0 saturated heterocycles. The molecule has 0 unspecified atom stereocenters. The number of aromatic nitrogens is 2. The van der Waals surface area contributed by atoms with Gasteiger partial charge in [-0.05, 0) is 49.4 Å². The largest absolute Gasteiger partial charge is 0.442 e. The summed E-state index contributed by atoms with van der Waals surface area (Å²) in [5.74, 6) is 0. The molecule has 0 amide bonds. The minimum absolute atomic E-state index is 0.443. The quantitative estimate of drug-likeness (QED) is 0.689. The van der Waals surface area contributed by atoms with E-state index in [9.17, 15) is 4.79 Å². The molecule has 1 aromatic rings. The Morgan fingerprint density at radius 1 is 1.62 bits per heavy atom. The number of nitrogens with zero attached hydrogens (tertiary/aromatic N) is 2. The van der Waals surface area contributed by atoms with E-state index >= 15 is 0 Å². The molecule has 0 spiro atoms. The number of ether oxygens (including phenoxy) is 1. The van der Waals surface area contributed by atoms with Crippen molar-refractivity contribution in [3.8, 4) is 0 Å². The van der Waals surface area contributed by atoms with Crippen LogP contribution in [0.15, 0.2) is 12.3 Å². The zero-order chi connectivity index (χ0) is 10.1. The molecule has 0 saturated carbocycles. The van der Waals surface area contributed by atoms with Gasteiger partial charge >= 0.3 is 6.09 Å². The average molecular weight is 294 g/mol. The molecule has 72 valence electrons. The van der Waals surface area contributed by atoms with Gasteiger partial charge in [0, 0.05) is 0 Å². The zero-order valence-electron chi connectivity index (χ0n) is 7.74. The van der Waals surface area contributed by atoms with Crippen LogP contribution in [0.5, 0.6) is 0 Å². The van der Waals surface area contributed by atoms with E-state index in [1.165, 1.54) is 4.68 Å². The third-order valence-corrected chi connectivity index (χ3v) is 1.98. The van der Waals surface area contributed by atoms with Crippen LogP contribution in [0, 0.1) is 3.70 Å². The van der Waals surface area contributed by atoms with Crippen molar-refractivity contribution in [2.75, 3.05) is 0 Å². The maximum Gasteiger partial charge on any atom is 0.436 e. The van der Waals surface area contributed by atoms with E-state index in [2.05, 4.69) is 5.10 Å². The third-order valence-electron chi connectivity index (χ3n) is 1.16. The van der Waals surface area contributed by atoms with E-state index in [4.69, 9.17) is 4.74 Å². The van der Waals surface area contributed by atoms with Gasteiger partial charge in [-0.2, -0.15) is 9.78 Å². The molecule has 0 radical (unpaired) electrons. The lowest BCUT2D eigenvalue weighted by atomic mass is 10.2. The van der Waals surface area contributed by atoms with Gasteiger partial charge in [-0.15, -0.1) is 0 Å². The first-order valence-corrected chi connectivity index (χ1v) is 4.91. The van der Waals surface area contributed by atoms with Gasteiger partial charge in [0.25, 0.3) is 0 Å². The first-order valence-electron chi connectivity index (χ1n) is 3.83. The van der Waals surface area contributed by atoms with E-state index in [1.807, 2.05) is 43.4 Å². The maximum atomic E-state index is 11.4. The number of hydrogen-bond acceptors (Lipinski definition) is 3. The predicted octanol–water partition coefficient (Wildman–Crippen LogP) is 2.27. The Balaban J connectivity index is 2.76. The van der Waals surface area contributed by atoms with Crippen molar-refractivity contribution in [1.29, 1.82) is 0 Å². The topological polar surface area (TPSA) is 44.1 Å². The predicted molar refractivity (Wildman–Crippen MR) is 56.6 cm³/mol. The summed E-state index contributed by atoms with van der Waals surface area (Å²) in [5.41, 5.74) is -0.480. The molecule has 1 aromatic heterocycles. The van der Waals surface area contributed by atoms with E-state index in [-0.39, 0.29) is 0 Å². The molecular weight excluding hydrogens is 283 g/mol. The zero-order valence-corrected chi connectivity index (χ0v) is 9.90. The van der Waals surface area contributed by atoms with Crippen LogP contribution in [0.25, 0.3) is 0 Å². The molecule has 0 aliphatic rings. The van der Waals surface area contributed by atoms with Gasteiger partial charge in [0.05, 0.1) is 6.20 Å². The molecule has 0 aromatic carbocycles. The van der Waals surface area contributed by atoms with Crippen LogP contribution in [-0.2, 0) is 4.74 Å². The Labute approximate surface area is 90.4 Å². The average Bonchev–Trinajstić information content (AvgIpc) is 2.30. The van der Waals surface area contributed by atoms with Crippen molar-refractivity contribution in [2.24, 2.45) is 0 Å². The van der Waals surface area contributed by atoms with Crippen LogP contribution in [0.1, 0.15) is 20.8 Å². The lowest BCUT2D eigenvalue weighted by Gasteiger charge is -2.19. The first-order chi connectivity index (χ1) is 5.90. The highest BCUT2D eigenvalue weighted by atomic mass is 127. The molecule has 4 nitrogen and oxygen atoms in total. The molecule has 1 heterocycles. The number of rotatable bonds is 0. The fourth-order valence-electron chi connectivity index (χ4n) is 0.727. The molecule has 0 aliphatic carbocycles. The smallest absolute Gasteiger partial charge is 0.436 e. The maximum absolute atomic E-state index is 11.4. The summed E-state index contributed by atoms with van der Waals surface area (Å²) in [6, 6.07) is 1.74. The Kier molecular flexibility index (Phi) is 2.94. The molecule has 0 N–H and O–H groups in total. The third kappa shape index (κ3) is 2.98. The van der Waals surface area contributed by atoms with Gasteiger partial charge in [0.2, 0.25) is 0 Å². The normalized spacial score (nSPS) is 11.4. The van der Waals surface area contributed by atoms with Crippen molar-refractivity contribution in [3.05, 3.63) is 16.0 Å². The Bertz CT molecular complexity index is 314. The van der Waals surface area contributed by atoms with Crippen molar-refractivity contribution < 1.29 is 9.53 Å². The molecule has 0 aliphatic heterocycles. The van der Waals surface area contributed by atoms with Crippen molar-refractivity contribution in [1.82, 2.24) is 9.78 Å². The SMILES string of the molecule is CC(C)(C)OC(=O)n1nccc1I. The molecule has 5 heteroatoms. The van der Waals surface area contributed by atoms with E-state index < -0.39 is 11.7 Å². The fraction of sp³-hybridized carbons (Fsp3) is 0.500. The first kappa shape index (κ1) is 10.5.